The van der Waals surface area contributed by atoms with E-state index in [2.05, 4.69) is 22.5 Å². The zero-order chi connectivity index (χ0) is 22.4. The van der Waals surface area contributed by atoms with E-state index in [0.717, 1.165) is 64.7 Å². The van der Waals surface area contributed by atoms with Gasteiger partial charge in [-0.1, -0.05) is 6.92 Å². The highest BCUT2D eigenvalue weighted by Gasteiger charge is 2.20. The second-order valence-corrected chi connectivity index (χ2v) is 9.10. The van der Waals surface area contributed by atoms with E-state index in [9.17, 15) is 4.79 Å². The van der Waals surface area contributed by atoms with Crippen LogP contribution in [0, 0.1) is 11.8 Å². The zero-order valence-electron chi connectivity index (χ0n) is 20.4. The van der Waals surface area contributed by atoms with E-state index >= 15 is 0 Å². The number of aliphatic imine (C=N–C) groups is 1. The van der Waals surface area contributed by atoms with Crippen LogP contribution < -0.4 is 10.6 Å². The van der Waals surface area contributed by atoms with Crippen LogP contribution in [0.2, 0.25) is 0 Å². The van der Waals surface area contributed by atoms with Gasteiger partial charge in [0.2, 0.25) is 0 Å². The fraction of sp³-hybridized carbons (Fsp3) is 0.909. The molecule has 0 aliphatic carbocycles. The second kappa shape index (κ2) is 16.8. The van der Waals surface area contributed by atoms with Crippen LogP contribution in [0.5, 0.6) is 0 Å². The first-order valence-electron chi connectivity index (χ1n) is 11.3. The standard InChI is InChI=1S/C22H44N4O4.HI/c1-7-23-20(24-11-8-12-29-17-19-9-13-28-14-10-19)25-15-18(2)16-26(6)21(27)30-22(3,4)5;/h18-19H,7-17H2,1-6H3,(H2,23,24,25);1H. The molecule has 8 nitrogen and oxygen atoms in total. The van der Waals surface area contributed by atoms with Crippen molar-refractivity contribution in [3.8, 4) is 0 Å². The van der Waals surface area contributed by atoms with Gasteiger partial charge in [0.15, 0.2) is 5.96 Å². The van der Waals surface area contributed by atoms with Gasteiger partial charge in [-0.2, -0.15) is 0 Å². The highest BCUT2D eigenvalue weighted by atomic mass is 127. The van der Waals surface area contributed by atoms with Gasteiger partial charge in [-0.3, -0.25) is 4.99 Å². The van der Waals surface area contributed by atoms with Gasteiger partial charge in [0.05, 0.1) is 0 Å². The molecular formula is C22H45IN4O4. The summed E-state index contributed by atoms with van der Waals surface area (Å²) in [4.78, 5) is 18.4. The van der Waals surface area contributed by atoms with Crippen molar-refractivity contribution in [2.75, 3.05) is 59.7 Å². The van der Waals surface area contributed by atoms with Gasteiger partial charge in [0.1, 0.15) is 5.60 Å². The third-order valence-corrected chi connectivity index (χ3v) is 4.65. The normalized spacial score (nSPS) is 16.3. The minimum Gasteiger partial charge on any atom is -0.444 e. The minimum atomic E-state index is -0.483. The molecule has 1 aliphatic rings. The Hall–Kier alpha value is -0.810. The summed E-state index contributed by atoms with van der Waals surface area (Å²) in [6.07, 6.45) is 2.85. The lowest BCUT2D eigenvalue weighted by Gasteiger charge is -2.26. The molecule has 0 bridgehead atoms. The average Bonchev–Trinajstić information content (AvgIpc) is 2.68. The fourth-order valence-corrected chi connectivity index (χ4v) is 3.07. The van der Waals surface area contributed by atoms with Crippen molar-refractivity contribution in [2.24, 2.45) is 16.8 Å². The molecule has 1 rings (SSSR count). The summed E-state index contributed by atoms with van der Waals surface area (Å²) >= 11 is 0. The summed E-state index contributed by atoms with van der Waals surface area (Å²) < 4.78 is 16.6. The van der Waals surface area contributed by atoms with Gasteiger partial charge in [0, 0.05) is 59.7 Å². The maximum absolute atomic E-state index is 12.1. The molecule has 0 aromatic carbocycles. The van der Waals surface area contributed by atoms with Gasteiger partial charge >= 0.3 is 6.09 Å². The second-order valence-electron chi connectivity index (χ2n) is 9.10. The summed E-state index contributed by atoms with van der Waals surface area (Å²) in [5.74, 6) is 1.67. The van der Waals surface area contributed by atoms with Crippen LogP contribution in [0.25, 0.3) is 0 Å². The first kappa shape index (κ1) is 30.2. The Morgan fingerprint density at radius 2 is 1.94 bits per heavy atom. The molecule has 0 radical (unpaired) electrons. The molecule has 1 aliphatic heterocycles. The van der Waals surface area contributed by atoms with Crippen molar-refractivity contribution in [2.45, 2.75) is 59.5 Å². The highest BCUT2D eigenvalue weighted by molar-refractivity contribution is 14.0. The monoisotopic (exact) mass is 556 g/mol. The van der Waals surface area contributed by atoms with Gasteiger partial charge in [-0.15, -0.1) is 24.0 Å². The van der Waals surface area contributed by atoms with Crippen molar-refractivity contribution in [1.29, 1.82) is 0 Å². The summed E-state index contributed by atoms with van der Waals surface area (Å²) in [5, 5.41) is 6.62. The van der Waals surface area contributed by atoms with Crippen LogP contribution in [0.15, 0.2) is 4.99 Å². The Balaban J connectivity index is 0.00000900. The molecule has 1 amide bonds. The van der Waals surface area contributed by atoms with E-state index in [4.69, 9.17) is 14.2 Å². The molecule has 1 unspecified atom stereocenters. The van der Waals surface area contributed by atoms with Crippen molar-refractivity contribution < 1.29 is 19.0 Å². The Morgan fingerprint density at radius 1 is 1.26 bits per heavy atom. The quantitative estimate of drug-likeness (QED) is 0.176. The fourth-order valence-electron chi connectivity index (χ4n) is 3.07. The van der Waals surface area contributed by atoms with E-state index in [-0.39, 0.29) is 36.0 Å². The van der Waals surface area contributed by atoms with Crippen LogP contribution in [0.4, 0.5) is 4.79 Å². The number of carbonyl (C=O) groups excluding carboxylic acids is 1. The van der Waals surface area contributed by atoms with Crippen LogP contribution >= 0.6 is 24.0 Å². The summed E-state index contributed by atoms with van der Waals surface area (Å²) in [6, 6.07) is 0. The van der Waals surface area contributed by atoms with E-state index in [1.54, 1.807) is 11.9 Å². The maximum atomic E-state index is 12.1. The Kier molecular flexibility index (Phi) is 16.3. The van der Waals surface area contributed by atoms with E-state index in [1.165, 1.54) is 0 Å². The molecule has 1 heterocycles. The Morgan fingerprint density at radius 3 is 2.55 bits per heavy atom. The molecule has 1 fully saturated rings. The SMILES string of the molecule is CCNC(=NCC(C)CN(C)C(=O)OC(C)(C)C)NCCCOCC1CCOCC1.I. The molecule has 0 aromatic rings. The number of hydrogen-bond acceptors (Lipinski definition) is 5. The topological polar surface area (TPSA) is 84.4 Å². The lowest BCUT2D eigenvalue weighted by Crippen LogP contribution is -2.39. The number of hydrogen-bond donors (Lipinski definition) is 2. The van der Waals surface area contributed by atoms with Crippen LogP contribution in [0.1, 0.15) is 53.9 Å². The molecule has 31 heavy (non-hydrogen) atoms. The number of carbonyl (C=O) groups is 1. The Labute approximate surface area is 206 Å². The molecule has 2 N–H and O–H groups in total. The maximum Gasteiger partial charge on any atom is 0.410 e. The summed E-state index contributed by atoms with van der Waals surface area (Å²) in [7, 11) is 1.76. The molecule has 184 valence electrons. The Bertz CT molecular complexity index is 508. The molecular weight excluding hydrogens is 511 g/mol. The van der Waals surface area contributed by atoms with Gasteiger partial charge in [0.25, 0.3) is 0 Å². The van der Waals surface area contributed by atoms with Crippen molar-refractivity contribution >= 4 is 36.0 Å². The van der Waals surface area contributed by atoms with Crippen molar-refractivity contribution in [3.05, 3.63) is 0 Å². The van der Waals surface area contributed by atoms with E-state index in [1.807, 2.05) is 27.7 Å². The largest absolute Gasteiger partial charge is 0.444 e. The first-order valence-corrected chi connectivity index (χ1v) is 11.3. The number of ether oxygens (including phenoxy) is 3. The number of guanidine groups is 1. The highest BCUT2D eigenvalue weighted by Crippen LogP contribution is 2.14. The lowest BCUT2D eigenvalue weighted by atomic mass is 10.0. The van der Waals surface area contributed by atoms with Crippen LogP contribution in [0.3, 0.4) is 0 Å². The number of rotatable bonds is 11. The third kappa shape index (κ3) is 15.6. The van der Waals surface area contributed by atoms with Gasteiger partial charge < -0.3 is 29.7 Å². The molecule has 1 atom stereocenters. The number of nitrogens with one attached hydrogen (secondary N) is 2. The van der Waals surface area contributed by atoms with Crippen LogP contribution in [-0.2, 0) is 14.2 Å². The summed E-state index contributed by atoms with van der Waals surface area (Å²) in [6.45, 7) is 15.9. The first-order chi connectivity index (χ1) is 14.2. The number of amides is 1. The third-order valence-electron chi connectivity index (χ3n) is 4.65. The zero-order valence-corrected chi connectivity index (χ0v) is 22.7. The molecule has 9 heteroatoms. The summed E-state index contributed by atoms with van der Waals surface area (Å²) in [5.41, 5.74) is -0.483. The molecule has 0 spiro atoms. The van der Waals surface area contributed by atoms with Gasteiger partial charge in [-0.05, 0) is 58.8 Å². The smallest absolute Gasteiger partial charge is 0.410 e. The van der Waals surface area contributed by atoms with E-state index < -0.39 is 5.60 Å². The van der Waals surface area contributed by atoms with Crippen LogP contribution in [-0.4, -0.2) is 82.2 Å². The number of nitrogens with zero attached hydrogens (tertiary/aromatic N) is 2. The predicted octanol–water partition coefficient (Wildman–Crippen LogP) is 3.50. The number of halogens is 1. The van der Waals surface area contributed by atoms with E-state index in [0.29, 0.717) is 19.0 Å². The molecule has 0 aromatic heterocycles. The predicted molar refractivity (Wildman–Crippen MR) is 136 cm³/mol. The lowest BCUT2D eigenvalue weighted by molar-refractivity contribution is 0.0203. The van der Waals surface area contributed by atoms with Crippen molar-refractivity contribution in [1.82, 2.24) is 15.5 Å². The van der Waals surface area contributed by atoms with Crippen molar-refractivity contribution in [3.63, 3.8) is 0 Å². The van der Waals surface area contributed by atoms with Gasteiger partial charge in [-0.25, -0.2) is 4.79 Å². The molecule has 0 saturated carbocycles. The average molecular weight is 557 g/mol. The minimum absolute atomic E-state index is 0. The molecule has 1 saturated heterocycles.